The molecule has 4 atom stereocenters. The smallest absolute Gasteiger partial charge is 0.328 e. The molecule has 0 saturated heterocycles. The molecule has 1 heterocycles. The molecule has 30 heavy (non-hydrogen) atoms. The highest BCUT2D eigenvalue weighted by molar-refractivity contribution is 5.83. The van der Waals surface area contributed by atoms with Gasteiger partial charge in [-0.05, 0) is 13.3 Å². The molecule has 14 nitrogen and oxygen atoms in total. The summed E-state index contributed by atoms with van der Waals surface area (Å²) in [5, 5.41) is 38.4. The summed E-state index contributed by atoms with van der Waals surface area (Å²) in [6, 6.07) is -4.84. The van der Waals surface area contributed by atoms with E-state index in [-0.39, 0.29) is 24.0 Å². The third-order valence-electron chi connectivity index (χ3n) is 3.81. The number of nitrogens with zero attached hydrogens (tertiary/aromatic N) is 2. The first-order chi connectivity index (χ1) is 14.1. The van der Waals surface area contributed by atoms with Crippen molar-refractivity contribution in [3.8, 4) is 0 Å². The lowest BCUT2D eigenvalue weighted by atomic mass is 10.2. The molecule has 8 N–H and O–H groups in total. The minimum Gasteiger partial charge on any atom is -0.480 e. The summed E-state index contributed by atoms with van der Waals surface area (Å²) in [6.45, 7) is 2.45. The van der Waals surface area contributed by atoms with Crippen LogP contribution in [0.25, 0.3) is 0 Å². The summed E-state index contributed by atoms with van der Waals surface area (Å²) in [5.74, 6) is -3.00. The average Bonchev–Trinajstić information content (AvgIpc) is 3.13. The summed E-state index contributed by atoms with van der Waals surface area (Å²) in [6.07, 6.45) is -1.05. The maximum absolute atomic E-state index is 12.1. The van der Waals surface area contributed by atoms with Crippen LogP contribution in [-0.2, 0) is 14.4 Å². The number of hydrogen-bond acceptors (Lipinski definition) is 9. The van der Waals surface area contributed by atoms with E-state index in [9.17, 15) is 29.4 Å². The van der Waals surface area contributed by atoms with Crippen LogP contribution < -0.4 is 21.7 Å². The van der Waals surface area contributed by atoms with Crippen LogP contribution in [0.5, 0.6) is 0 Å². The molecule has 0 aliphatic carbocycles. The normalized spacial score (nSPS) is 14.8. The Kier molecular flexibility index (Phi) is 9.64. The summed E-state index contributed by atoms with van der Waals surface area (Å²) in [5.41, 5.74) is 5.16. The van der Waals surface area contributed by atoms with E-state index in [1.807, 2.05) is 5.32 Å². The SMILES string of the molecule is CCCC(=O)N[C@@H](CO)c1noc([C@H](CC(N)=O)NC(=O)NC(C(=O)O)C(C)O)n1. The average molecular weight is 430 g/mol. The van der Waals surface area contributed by atoms with Gasteiger partial charge >= 0.3 is 12.0 Å². The Morgan fingerprint density at radius 3 is 2.33 bits per heavy atom. The fourth-order valence-electron chi connectivity index (χ4n) is 2.35. The van der Waals surface area contributed by atoms with Gasteiger partial charge in [0.15, 0.2) is 11.9 Å². The van der Waals surface area contributed by atoms with Crippen LogP contribution in [0.4, 0.5) is 4.79 Å². The van der Waals surface area contributed by atoms with E-state index in [2.05, 4.69) is 20.8 Å². The van der Waals surface area contributed by atoms with Crippen molar-refractivity contribution in [2.75, 3.05) is 6.61 Å². The first-order valence-corrected chi connectivity index (χ1v) is 9.08. The second kappa shape index (κ2) is 11.7. The van der Waals surface area contributed by atoms with Crippen LogP contribution in [-0.4, -0.2) is 68.0 Å². The first kappa shape index (κ1) is 24.8. The largest absolute Gasteiger partial charge is 0.480 e. The first-order valence-electron chi connectivity index (χ1n) is 9.08. The van der Waals surface area contributed by atoms with Crippen molar-refractivity contribution in [2.24, 2.45) is 5.73 Å². The van der Waals surface area contributed by atoms with Gasteiger partial charge in [-0.3, -0.25) is 9.59 Å². The molecule has 0 saturated carbocycles. The number of aromatic nitrogens is 2. The molecule has 0 fully saturated rings. The Balaban J connectivity index is 2.96. The number of rotatable bonds is 12. The Morgan fingerprint density at radius 2 is 1.83 bits per heavy atom. The van der Waals surface area contributed by atoms with E-state index in [0.717, 1.165) is 0 Å². The van der Waals surface area contributed by atoms with Gasteiger partial charge in [-0.25, -0.2) is 9.59 Å². The van der Waals surface area contributed by atoms with Crippen LogP contribution in [0.15, 0.2) is 4.52 Å². The zero-order valence-electron chi connectivity index (χ0n) is 16.5. The molecule has 0 aromatic carbocycles. The second-order valence-corrected chi connectivity index (χ2v) is 6.44. The molecule has 0 radical (unpaired) electrons. The molecule has 168 valence electrons. The molecule has 14 heteroatoms. The highest BCUT2D eigenvalue weighted by Gasteiger charge is 2.29. The van der Waals surface area contributed by atoms with Gasteiger partial charge < -0.3 is 41.5 Å². The monoisotopic (exact) mass is 430 g/mol. The van der Waals surface area contributed by atoms with E-state index in [1.165, 1.54) is 6.92 Å². The van der Waals surface area contributed by atoms with Gasteiger partial charge in [0.2, 0.25) is 17.7 Å². The molecule has 0 bridgehead atoms. The number of carboxylic acids is 1. The van der Waals surface area contributed by atoms with Gasteiger partial charge in [0, 0.05) is 6.42 Å². The van der Waals surface area contributed by atoms with Crippen molar-refractivity contribution in [1.29, 1.82) is 0 Å². The summed E-state index contributed by atoms with van der Waals surface area (Å²) in [4.78, 5) is 50.2. The minimum absolute atomic E-state index is 0.0963. The van der Waals surface area contributed by atoms with E-state index in [4.69, 9.17) is 15.4 Å². The molecular weight excluding hydrogens is 404 g/mol. The van der Waals surface area contributed by atoms with E-state index < -0.39 is 55.2 Å². The number of urea groups is 1. The van der Waals surface area contributed by atoms with Crippen molar-refractivity contribution in [3.63, 3.8) is 0 Å². The molecule has 0 aliphatic rings. The van der Waals surface area contributed by atoms with E-state index in [0.29, 0.717) is 6.42 Å². The molecule has 1 rings (SSSR count). The highest BCUT2D eigenvalue weighted by atomic mass is 16.5. The predicted octanol–water partition coefficient (Wildman–Crippen LogP) is -1.93. The van der Waals surface area contributed by atoms with Gasteiger partial charge in [0.1, 0.15) is 12.1 Å². The third kappa shape index (κ3) is 7.63. The zero-order chi connectivity index (χ0) is 22.8. The number of carboxylic acid groups (broad SMARTS) is 1. The van der Waals surface area contributed by atoms with Gasteiger partial charge in [-0.2, -0.15) is 4.98 Å². The molecule has 4 amide bonds. The highest BCUT2D eigenvalue weighted by Crippen LogP contribution is 2.17. The summed E-state index contributed by atoms with van der Waals surface area (Å²) in [7, 11) is 0. The van der Waals surface area contributed by atoms with Crippen molar-refractivity contribution in [3.05, 3.63) is 11.7 Å². The number of aliphatic hydroxyl groups excluding tert-OH is 2. The van der Waals surface area contributed by atoms with Crippen LogP contribution in [0, 0.1) is 0 Å². The minimum atomic E-state index is -1.61. The second-order valence-electron chi connectivity index (χ2n) is 6.44. The number of hydrogen-bond donors (Lipinski definition) is 7. The standard InChI is InChI=1S/C16H26N6O8/c1-3-4-11(26)18-9(6-23)13-21-14(30-22-13)8(5-10(17)25)19-16(29)20-12(7(2)24)15(27)28/h7-9,12,23-24H,3-6H2,1-2H3,(H2,17,25)(H,18,26)(H,27,28)(H2,19,20,29)/t7?,8-,9-,12?/m0/s1. The number of primary amides is 1. The summed E-state index contributed by atoms with van der Waals surface area (Å²) >= 11 is 0. The maximum Gasteiger partial charge on any atom is 0.328 e. The number of aliphatic hydroxyl groups is 2. The van der Waals surface area contributed by atoms with Gasteiger partial charge in [0.25, 0.3) is 0 Å². The summed E-state index contributed by atoms with van der Waals surface area (Å²) < 4.78 is 5.01. The lowest BCUT2D eigenvalue weighted by molar-refractivity contribution is -0.141. The number of carbonyl (C=O) groups excluding carboxylic acids is 3. The topological polar surface area (TPSA) is 230 Å². The predicted molar refractivity (Wildman–Crippen MR) is 98.5 cm³/mol. The number of carbonyl (C=O) groups is 4. The van der Waals surface area contributed by atoms with Crippen molar-refractivity contribution in [2.45, 2.75) is 57.3 Å². The quantitative estimate of drug-likeness (QED) is 0.194. The number of aliphatic carboxylic acids is 1. The molecule has 0 spiro atoms. The van der Waals surface area contributed by atoms with Crippen LogP contribution >= 0.6 is 0 Å². The van der Waals surface area contributed by atoms with Crippen molar-refractivity contribution >= 4 is 23.8 Å². The molecule has 1 aromatic rings. The lowest BCUT2D eigenvalue weighted by Gasteiger charge is -2.19. The fourth-order valence-corrected chi connectivity index (χ4v) is 2.35. The molecular formula is C16H26N6O8. The Morgan fingerprint density at radius 1 is 1.17 bits per heavy atom. The Bertz CT molecular complexity index is 752. The number of nitrogens with two attached hydrogens (primary N) is 1. The van der Waals surface area contributed by atoms with Crippen LogP contribution in [0.2, 0.25) is 0 Å². The van der Waals surface area contributed by atoms with Gasteiger partial charge in [-0.1, -0.05) is 12.1 Å². The molecule has 1 aromatic heterocycles. The Hall–Kier alpha value is -3.26. The van der Waals surface area contributed by atoms with Crippen LogP contribution in [0.1, 0.15) is 56.9 Å². The van der Waals surface area contributed by atoms with E-state index in [1.54, 1.807) is 6.92 Å². The third-order valence-corrected chi connectivity index (χ3v) is 3.81. The number of amides is 4. The van der Waals surface area contributed by atoms with Gasteiger partial charge in [0.05, 0.1) is 19.1 Å². The fraction of sp³-hybridized carbons (Fsp3) is 0.625. The lowest BCUT2D eigenvalue weighted by Crippen LogP contribution is -2.52. The van der Waals surface area contributed by atoms with Crippen molar-refractivity contribution in [1.82, 2.24) is 26.1 Å². The van der Waals surface area contributed by atoms with Crippen molar-refractivity contribution < 1.29 is 39.0 Å². The maximum atomic E-state index is 12.1. The molecule has 0 aliphatic heterocycles. The molecule has 2 unspecified atom stereocenters. The van der Waals surface area contributed by atoms with Gasteiger partial charge in [-0.15, -0.1) is 0 Å². The van der Waals surface area contributed by atoms with Crippen LogP contribution in [0.3, 0.4) is 0 Å². The Labute approximate surface area is 171 Å². The number of nitrogens with one attached hydrogen (secondary N) is 3. The zero-order valence-corrected chi connectivity index (χ0v) is 16.5. The van der Waals surface area contributed by atoms with E-state index >= 15 is 0 Å².